The van der Waals surface area contributed by atoms with Crippen molar-refractivity contribution in [3.8, 4) is 5.69 Å². The van der Waals surface area contributed by atoms with Crippen LogP contribution in [0.4, 0.5) is 0 Å². The van der Waals surface area contributed by atoms with Crippen LogP contribution < -0.4 is 5.32 Å². The van der Waals surface area contributed by atoms with Crippen molar-refractivity contribution >= 4 is 0 Å². The van der Waals surface area contributed by atoms with E-state index in [-0.39, 0.29) is 0 Å². The summed E-state index contributed by atoms with van der Waals surface area (Å²) in [7, 11) is 2.08. The fourth-order valence-electron chi connectivity index (χ4n) is 3.30. The van der Waals surface area contributed by atoms with Gasteiger partial charge in [0.1, 0.15) is 0 Å². The Labute approximate surface area is 121 Å². The first kappa shape index (κ1) is 13.4. The first-order valence-electron chi connectivity index (χ1n) is 7.65. The van der Waals surface area contributed by atoms with Gasteiger partial charge in [-0.25, -0.2) is 4.68 Å². The molecule has 1 heterocycles. The Bertz CT molecular complexity index is 532. The number of rotatable bonds is 3. The van der Waals surface area contributed by atoms with Crippen LogP contribution in [0.1, 0.15) is 43.7 Å². The van der Waals surface area contributed by atoms with Gasteiger partial charge in [-0.1, -0.05) is 31.0 Å². The van der Waals surface area contributed by atoms with E-state index in [1.54, 1.807) is 0 Å². The monoisotopic (exact) mass is 269 g/mol. The third-order valence-corrected chi connectivity index (χ3v) is 4.42. The topological polar surface area (TPSA) is 29.9 Å². The maximum absolute atomic E-state index is 4.54. The van der Waals surface area contributed by atoms with Crippen molar-refractivity contribution in [1.82, 2.24) is 15.1 Å². The van der Waals surface area contributed by atoms with Crippen molar-refractivity contribution in [3.05, 3.63) is 48.3 Å². The lowest BCUT2D eigenvalue weighted by atomic mass is 9.94. The van der Waals surface area contributed by atoms with Gasteiger partial charge in [0, 0.05) is 23.9 Å². The first-order valence-corrected chi connectivity index (χ1v) is 7.65. The predicted molar refractivity (Wildman–Crippen MR) is 82.2 cm³/mol. The third kappa shape index (κ3) is 2.78. The highest BCUT2D eigenvalue weighted by Crippen LogP contribution is 2.32. The number of benzene rings is 1. The molecular formula is C17H23N3. The van der Waals surface area contributed by atoms with Gasteiger partial charge in [-0.05, 0) is 44.5 Å². The van der Waals surface area contributed by atoms with Gasteiger partial charge in [0.05, 0.1) is 5.69 Å². The zero-order valence-electron chi connectivity index (χ0n) is 12.1. The van der Waals surface area contributed by atoms with Crippen LogP contribution in [0.5, 0.6) is 0 Å². The highest BCUT2D eigenvalue weighted by Gasteiger charge is 2.23. The quantitative estimate of drug-likeness (QED) is 0.864. The molecule has 0 aliphatic heterocycles. The molecule has 0 amide bonds. The van der Waals surface area contributed by atoms with Crippen LogP contribution in [0.15, 0.2) is 42.6 Å². The molecule has 0 saturated heterocycles. The number of hydrogen-bond donors (Lipinski definition) is 1. The average Bonchev–Trinajstić information content (AvgIpc) is 2.87. The molecule has 1 N–H and O–H groups in total. The Morgan fingerprint density at radius 2 is 1.90 bits per heavy atom. The van der Waals surface area contributed by atoms with E-state index in [9.17, 15) is 0 Å². The van der Waals surface area contributed by atoms with Crippen molar-refractivity contribution in [2.24, 2.45) is 0 Å². The van der Waals surface area contributed by atoms with Crippen LogP contribution in [-0.2, 0) is 0 Å². The van der Waals surface area contributed by atoms with Crippen LogP contribution >= 0.6 is 0 Å². The van der Waals surface area contributed by atoms with Gasteiger partial charge in [-0.15, -0.1) is 0 Å². The van der Waals surface area contributed by atoms with Gasteiger partial charge in [0.15, 0.2) is 0 Å². The minimum atomic E-state index is 0.609. The summed E-state index contributed by atoms with van der Waals surface area (Å²) in [5.74, 6) is 0.609. The van der Waals surface area contributed by atoms with E-state index in [1.165, 1.54) is 37.8 Å². The van der Waals surface area contributed by atoms with Crippen molar-refractivity contribution < 1.29 is 0 Å². The first-order chi connectivity index (χ1) is 9.88. The number of aromatic nitrogens is 2. The highest BCUT2D eigenvalue weighted by atomic mass is 15.3. The summed E-state index contributed by atoms with van der Waals surface area (Å²) in [5.41, 5.74) is 2.52. The molecule has 2 unspecified atom stereocenters. The van der Waals surface area contributed by atoms with E-state index in [0.717, 1.165) is 5.69 Å². The molecule has 20 heavy (non-hydrogen) atoms. The molecule has 0 bridgehead atoms. The van der Waals surface area contributed by atoms with Gasteiger partial charge in [-0.3, -0.25) is 0 Å². The normalized spacial score (nSPS) is 23.4. The molecule has 1 aliphatic carbocycles. The second-order valence-electron chi connectivity index (χ2n) is 5.71. The summed E-state index contributed by atoms with van der Waals surface area (Å²) in [4.78, 5) is 0. The van der Waals surface area contributed by atoms with E-state index < -0.39 is 0 Å². The van der Waals surface area contributed by atoms with E-state index in [2.05, 4.69) is 58.5 Å². The Morgan fingerprint density at radius 3 is 2.70 bits per heavy atom. The molecule has 3 rings (SSSR count). The molecule has 1 fully saturated rings. The molecule has 1 aliphatic rings. The maximum atomic E-state index is 4.54. The van der Waals surface area contributed by atoms with E-state index in [1.807, 2.05) is 6.20 Å². The molecule has 1 saturated carbocycles. The summed E-state index contributed by atoms with van der Waals surface area (Å²) < 4.78 is 2.11. The smallest absolute Gasteiger partial charge is 0.0648 e. The van der Waals surface area contributed by atoms with E-state index in [4.69, 9.17) is 0 Å². The lowest BCUT2D eigenvalue weighted by Gasteiger charge is -2.20. The Hall–Kier alpha value is -1.61. The number of nitrogens with one attached hydrogen (secondary N) is 1. The standard InChI is InChI=1S/C17H23N3/c1-18-15-8-6-5-7-14(13-15)17-11-12-19-20(17)16-9-3-2-4-10-16/h2-4,9-12,14-15,18H,5-8,13H2,1H3. The largest absolute Gasteiger partial charge is 0.317 e. The Kier molecular flexibility index (Phi) is 4.16. The van der Waals surface area contributed by atoms with Crippen molar-refractivity contribution in [2.75, 3.05) is 7.05 Å². The second kappa shape index (κ2) is 6.23. The molecule has 1 aromatic heterocycles. The SMILES string of the molecule is CNC1CCCCC(c2ccnn2-c2ccccc2)C1. The molecule has 1 aromatic carbocycles. The fraction of sp³-hybridized carbons (Fsp3) is 0.471. The molecular weight excluding hydrogens is 246 g/mol. The van der Waals surface area contributed by atoms with Gasteiger partial charge in [0.2, 0.25) is 0 Å². The van der Waals surface area contributed by atoms with Crippen LogP contribution in [0, 0.1) is 0 Å². The average molecular weight is 269 g/mol. The van der Waals surface area contributed by atoms with Gasteiger partial charge in [-0.2, -0.15) is 5.10 Å². The Balaban J connectivity index is 1.89. The molecule has 2 aromatic rings. The summed E-state index contributed by atoms with van der Waals surface area (Å²) in [6.07, 6.45) is 8.38. The predicted octanol–water partition coefficient (Wildman–Crippen LogP) is 3.51. The highest BCUT2D eigenvalue weighted by molar-refractivity contribution is 5.33. The molecule has 0 radical (unpaired) electrons. The number of para-hydroxylation sites is 1. The lowest BCUT2D eigenvalue weighted by Crippen LogP contribution is -2.26. The summed E-state index contributed by atoms with van der Waals surface area (Å²) in [5, 5.41) is 8.00. The lowest BCUT2D eigenvalue weighted by molar-refractivity contribution is 0.461. The Morgan fingerprint density at radius 1 is 1.10 bits per heavy atom. The summed E-state index contributed by atoms with van der Waals surface area (Å²) in [6.45, 7) is 0. The summed E-state index contributed by atoms with van der Waals surface area (Å²) in [6, 6.07) is 13.3. The van der Waals surface area contributed by atoms with Crippen LogP contribution in [0.3, 0.4) is 0 Å². The van der Waals surface area contributed by atoms with Gasteiger partial charge >= 0.3 is 0 Å². The van der Waals surface area contributed by atoms with E-state index in [0.29, 0.717) is 12.0 Å². The second-order valence-corrected chi connectivity index (χ2v) is 5.71. The number of hydrogen-bond acceptors (Lipinski definition) is 2. The van der Waals surface area contributed by atoms with Crippen molar-refractivity contribution in [3.63, 3.8) is 0 Å². The van der Waals surface area contributed by atoms with Gasteiger partial charge < -0.3 is 5.32 Å². The van der Waals surface area contributed by atoms with Crippen molar-refractivity contribution in [1.29, 1.82) is 0 Å². The van der Waals surface area contributed by atoms with Crippen LogP contribution in [0.2, 0.25) is 0 Å². The molecule has 3 nitrogen and oxygen atoms in total. The van der Waals surface area contributed by atoms with Crippen LogP contribution in [0.25, 0.3) is 5.69 Å². The fourth-order valence-corrected chi connectivity index (χ4v) is 3.30. The number of nitrogens with zero attached hydrogens (tertiary/aromatic N) is 2. The maximum Gasteiger partial charge on any atom is 0.0648 e. The molecule has 106 valence electrons. The van der Waals surface area contributed by atoms with Crippen molar-refractivity contribution in [2.45, 2.75) is 44.1 Å². The molecule has 2 atom stereocenters. The molecule has 0 spiro atoms. The summed E-state index contributed by atoms with van der Waals surface area (Å²) >= 11 is 0. The third-order valence-electron chi connectivity index (χ3n) is 4.42. The minimum absolute atomic E-state index is 0.609. The van der Waals surface area contributed by atoms with E-state index >= 15 is 0 Å². The van der Waals surface area contributed by atoms with Gasteiger partial charge in [0.25, 0.3) is 0 Å². The molecule has 3 heteroatoms. The van der Waals surface area contributed by atoms with Crippen LogP contribution in [-0.4, -0.2) is 22.9 Å². The zero-order chi connectivity index (χ0) is 13.8. The zero-order valence-corrected chi connectivity index (χ0v) is 12.1. The minimum Gasteiger partial charge on any atom is -0.317 e.